The minimum absolute atomic E-state index is 0.0233. The van der Waals surface area contributed by atoms with Gasteiger partial charge < -0.3 is 29.7 Å². The number of methoxy groups -OCH3 is 1. The Labute approximate surface area is 217 Å². The van der Waals surface area contributed by atoms with E-state index in [0.29, 0.717) is 65.9 Å². The van der Waals surface area contributed by atoms with Crippen molar-refractivity contribution < 1.29 is 28.2 Å². The third-order valence-corrected chi connectivity index (χ3v) is 7.05. The van der Waals surface area contributed by atoms with Crippen molar-refractivity contribution in [3.63, 3.8) is 0 Å². The molecule has 5 heterocycles. The fraction of sp³-hybridized carbons (Fsp3) is 0.385. The first-order chi connectivity index (χ1) is 18.5. The van der Waals surface area contributed by atoms with Crippen molar-refractivity contribution in [3.05, 3.63) is 42.3 Å². The van der Waals surface area contributed by atoms with E-state index in [9.17, 15) is 14.0 Å². The van der Waals surface area contributed by atoms with Crippen LogP contribution in [0.15, 0.2) is 36.5 Å². The molecule has 6 rings (SSSR count). The molecule has 2 fully saturated rings. The fourth-order valence-corrected chi connectivity index (χ4v) is 5.11. The monoisotopic (exact) mass is 522 g/mol. The molecule has 1 atom stereocenters. The maximum atomic E-state index is 14.8. The molecule has 11 nitrogen and oxygen atoms in total. The molecule has 0 aliphatic carbocycles. The predicted octanol–water partition coefficient (Wildman–Crippen LogP) is 2.69. The molecular weight excluding hydrogens is 495 g/mol. The Morgan fingerprint density at radius 2 is 2.05 bits per heavy atom. The van der Waals surface area contributed by atoms with Gasteiger partial charge in [-0.2, -0.15) is 0 Å². The van der Waals surface area contributed by atoms with Gasteiger partial charge in [-0.25, -0.2) is 14.2 Å². The molecule has 2 N–H and O–H groups in total. The normalized spacial score (nSPS) is 19.7. The molecule has 3 aliphatic rings. The predicted molar refractivity (Wildman–Crippen MR) is 137 cm³/mol. The van der Waals surface area contributed by atoms with Crippen LogP contribution in [-0.4, -0.2) is 74.0 Å². The van der Waals surface area contributed by atoms with Crippen molar-refractivity contribution in [2.24, 2.45) is 0 Å². The van der Waals surface area contributed by atoms with E-state index in [4.69, 9.17) is 14.2 Å². The van der Waals surface area contributed by atoms with Gasteiger partial charge >= 0.3 is 6.09 Å². The zero-order valence-corrected chi connectivity index (χ0v) is 20.8. The van der Waals surface area contributed by atoms with Gasteiger partial charge in [-0.3, -0.25) is 14.7 Å². The van der Waals surface area contributed by atoms with Crippen LogP contribution in [0.4, 0.5) is 26.2 Å². The number of nitrogens with one attached hydrogen (secondary N) is 2. The molecule has 1 aromatic carbocycles. The summed E-state index contributed by atoms with van der Waals surface area (Å²) in [6.07, 6.45) is 2.07. The van der Waals surface area contributed by atoms with Gasteiger partial charge in [0.1, 0.15) is 23.1 Å². The molecule has 38 heavy (non-hydrogen) atoms. The lowest BCUT2D eigenvalue weighted by molar-refractivity contribution is -0.118. The van der Waals surface area contributed by atoms with Crippen LogP contribution in [0.25, 0.3) is 11.0 Å². The second-order valence-electron chi connectivity index (χ2n) is 9.48. The number of piperidine rings is 1. The maximum Gasteiger partial charge on any atom is 0.414 e. The van der Waals surface area contributed by atoms with Gasteiger partial charge in [0.15, 0.2) is 12.4 Å². The highest BCUT2D eigenvalue weighted by molar-refractivity contribution is 5.97. The van der Waals surface area contributed by atoms with Crippen LogP contribution in [0.1, 0.15) is 12.8 Å². The zero-order valence-electron chi connectivity index (χ0n) is 20.8. The second-order valence-corrected chi connectivity index (χ2v) is 9.48. The quantitative estimate of drug-likeness (QED) is 0.504. The lowest BCUT2D eigenvalue weighted by atomic mass is 10.0. The number of benzene rings is 1. The van der Waals surface area contributed by atoms with E-state index in [1.54, 1.807) is 35.2 Å². The van der Waals surface area contributed by atoms with E-state index in [1.165, 1.54) is 13.3 Å². The van der Waals surface area contributed by atoms with Gasteiger partial charge in [0, 0.05) is 37.4 Å². The van der Waals surface area contributed by atoms with Gasteiger partial charge in [-0.15, -0.1) is 0 Å². The number of hydrogen-bond donors (Lipinski definition) is 2. The number of fused-ring (bicyclic) bond motifs is 2. The Bertz CT molecular complexity index is 1400. The number of ether oxygens (including phenoxy) is 3. The Morgan fingerprint density at radius 3 is 2.87 bits per heavy atom. The second kappa shape index (κ2) is 9.93. The van der Waals surface area contributed by atoms with Gasteiger partial charge in [-0.1, -0.05) is 0 Å². The lowest BCUT2D eigenvalue weighted by Gasteiger charge is -2.34. The standard InChI is InChI=1S/C26H27FN6O5/c1-36-23-5-3-19-24(31-23)25(18(27)12-29-19)32-8-6-15(7-9-32)28-11-17-13-33(26(35)38-17)16-2-4-21-20(10-16)30-22(34)14-37-21/h2-5,10,12,15,17,28H,6-9,11,13-14H2,1H3,(H,30,34). The van der Waals surface area contributed by atoms with Crippen LogP contribution < -0.4 is 29.9 Å². The topological polar surface area (TPSA) is 118 Å². The number of aromatic nitrogens is 2. The van der Waals surface area contributed by atoms with Crippen LogP contribution in [0.3, 0.4) is 0 Å². The van der Waals surface area contributed by atoms with E-state index in [0.717, 1.165) is 12.8 Å². The Hall–Kier alpha value is -4.19. The minimum atomic E-state index is -0.433. The number of cyclic esters (lactones) is 1. The van der Waals surface area contributed by atoms with Crippen LogP contribution >= 0.6 is 0 Å². The van der Waals surface area contributed by atoms with E-state index in [2.05, 4.69) is 20.6 Å². The number of carbonyl (C=O) groups excluding carboxylic acids is 2. The van der Waals surface area contributed by atoms with Crippen molar-refractivity contribution >= 4 is 40.1 Å². The van der Waals surface area contributed by atoms with Crippen LogP contribution in [-0.2, 0) is 9.53 Å². The lowest BCUT2D eigenvalue weighted by Crippen LogP contribution is -2.45. The molecule has 2 amide bonds. The molecule has 0 spiro atoms. The minimum Gasteiger partial charge on any atom is -0.482 e. The molecule has 198 valence electrons. The molecular formula is C26H27FN6O5. The largest absolute Gasteiger partial charge is 0.482 e. The van der Waals surface area contributed by atoms with E-state index < -0.39 is 11.9 Å². The molecule has 0 radical (unpaired) electrons. The maximum absolute atomic E-state index is 14.8. The fourth-order valence-electron chi connectivity index (χ4n) is 5.11. The number of hydrogen-bond acceptors (Lipinski definition) is 9. The molecule has 2 saturated heterocycles. The molecule has 3 aromatic rings. The first-order valence-electron chi connectivity index (χ1n) is 12.5. The summed E-state index contributed by atoms with van der Waals surface area (Å²) >= 11 is 0. The molecule has 0 bridgehead atoms. The summed E-state index contributed by atoms with van der Waals surface area (Å²) in [7, 11) is 1.53. The molecule has 2 aromatic heterocycles. The summed E-state index contributed by atoms with van der Waals surface area (Å²) in [5.41, 5.74) is 2.71. The van der Waals surface area contributed by atoms with Crippen molar-refractivity contribution in [3.8, 4) is 11.6 Å². The molecule has 1 unspecified atom stereocenters. The Morgan fingerprint density at radius 1 is 1.21 bits per heavy atom. The molecule has 3 aliphatic heterocycles. The average molecular weight is 523 g/mol. The van der Waals surface area contributed by atoms with Crippen molar-refractivity contribution in [1.29, 1.82) is 0 Å². The molecule has 12 heteroatoms. The van der Waals surface area contributed by atoms with Crippen LogP contribution in [0.5, 0.6) is 11.6 Å². The number of carbonyl (C=O) groups is 2. The van der Waals surface area contributed by atoms with Crippen molar-refractivity contribution in [2.45, 2.75) is 25.0 Å². The smallest absolute Gasteiger partial charge is 0.414 e. The van der Waals surface area contributed by atoms with Gasteiger partial charge in [0.2, 0.25) is 5.88 Å². The summed E-state index contributed by atoms with van der Waals surface area (Å²) in [6.45, 7) is 2.16. The van der Waals surface area contributed by atoms with E-state index in [1.807, 2.05) is 4.90 Å². The van der Waals surface area contributed by atoms with Crippen LogP contribution in [0.2, 0.25) is 0 Å². The average Bonchev–Trinajstić information content (AvgIpc) is 3.31. The molecule has 0 saturated carbocycles. The van der Waals surface area contributed by atoms with Crippen molar-refractivity contribution in [2.75, 3.05) is 55.0 Å². The van der Waals surface area contributed by atoms with Crippen LogP contribution in [0, 0.1) is 5.82 Å². The Kier molecular flexibility index (Phi) is 6.32. The summed E-state index contributed by atoms with van der Waals surface area (Å²) in [6, 6.07) is 8.91. The highest BCUT2D eigenvalue weighted by Crippen LogP contribution is 2.34. The van der Waals surface area contributed by atoms with E-state index in [-0.39, 0.29) is 24.7 Å². The highest BCUT2D eigenvalue weighted by Gasteiger charge is 2.34. The first-order valence-corrected chi connectivity index (χ1v) is 12.5. The number of nitrogens with zero attached hydrogens (tertiary/aromatic N) is 4. The summed E-state index contributed by atoms with van der Waals surface area (Å²) < 4.78 is 31.0. The van der Waals surface area contributed by atoms with Crippen molar-refractivity contribution in [1.82, 2.24) is 15.3 Å². The highest BCUT2D eigenvalue weighted by atomic mass is 19.1. The van der Waals surface area contributed by atoms with E-state index >= 15 is 0 Å². The number of halogens is 1. The summed E-state index contributed by atoms with van der Waals surface area (Å²) in [4.78, 5) is 36.3. The first kappa shape index (κ1) is 24.2. The number of pyridine rings is 2. The van der Waals surface area contributed by atoms with Gasteiger partial charge in [0.05, 0.1) is 31.1 Å². The Balaban J connectivity index is 1.05. The number of anilines is 3. The zero-order chi connectivity index (χ0) is 26.2. The summed E-state index contributed by atoms with van der Waals surface area (Å²) in [5.74, 6) is 0.343. The van der Waals surface area contributed by atoms with Gasteiger partial charge in [0.25, 0.3) is 5.91 Å². The summed E-state index contributed by atoms with van der Waals surface area (Å²) in [5, 5.41) is 6.26. The SMILES string of the molecule is COc1ccc2ncc(F)c(N3CCC(NCC4CN(c5ccc6c(c5)NC(=O)CO6)C(=O)O4)CC3)c2n1. The number of rotatable bonds is 6. The van der Waals surface area contributed by atoms with Gasteiger partial charge in [-0.05, 0) is 37.1 Å². The third kappa shape index (κ3) is 4.62. The third-order valence-electron chi connectivity index (χ3n) is 7.05. The number of amides is 2.